The first-order valence-electron chi connectivity index (χ1n) is 5.98. The molecule has 1 aromatic heterocycles. The van der Waals surface area contributed by atoms with Crippen LogP contribution in [0.4, 0.5) is 0 Å². The Labute approximate surface area is 107 Å². The molecule has 0 radical (unpaired) electrons. The Kier molecular flexibility index (Phi) is 2.38. The number of fused-ring (bicyclic) bond motifs is 3. The molecule has 2 aromatic rings. The van der Waals surface area contributed by atoms with Crippen molar-refractivity contribution >= 4 is 10.0 Å². The van der Waals surface area contributed by atoms with Crippen molar-refractivity contribution in [3.63, 3.8) is 0 Å². The second kappa shape index (κ2) is 3.72. The third-order valence-electron chi connectivity index (χ3n) is 3.50. The molecular formula is C14H15NO2S. The fourth-order valence-electron chi connectivity index (χ4n) is 2.86. The quantitative estimate of drug-likeness (QED) is 0.790. The Bertz CT molecular complexity index is 726. The maximum Gasteiger partial charge on any atom is 0.236 e. The van der Waals surface area contributed by atoms with E-state index in [0.717, 1.165) is 29.8 Å². The van der Waals surface area contributed by atoms with Crippen molar-refractivity contribution in [1.82, 2.24) is 3.97 Å². The summed E-state index contributed by atoms with van der Waals surface area (Å²) in [4.78, 5) is 0. The van der Waals surface area contributed by atoms with E-state index in [-0.39, 0.29) is 0 Å². The molecule has 3 rings (SSSR count). The van der Waals surface area contributed by atoms with Crippen LogP contribution in [0.3, 0.4) is 0 Å². The summed E-state index contributed by atoms with van der Waals surface area (Å²) < 4.78 is 25.2. The minimum absolute atomic E-state index is 0.785. The summed E-state index contributed by atoms with van der Waals surface area (Å²) >= 11 is 0. The normalized spacial score (nSPS) is 14.1. The van der Waals surface area contributed by atoms with Gasteiger partial charge < -0.3 is 0 Å². The van der Waals surface area contributed by atoms with Gasteiger partial charge >= 0.3 is 0 Å². The van der Waals surface area contributed by atoms with Crippen molar-refractivity contribution < 1.29 is 8.42 Å². The van der Waals surface area contributed by atoms with E-state index >= 15 is 0 Å². The van der Waals surface area contributed by atoms with Crippen LogP contribution < -0.4 is 0 Å². The molecule has 3 nitrogen and oxygen atoms in total. The third kappa shape index (κ3) is 1.60. The van der Waals surface area contributed by atoms with Crippen molar-refractivity contribution in [2.24, 2.45) is 0 Å². The molecule has 0 N–H and O–H groups in total. The molecular weight excluding hydrogens is 246 g/mol. The molecule has 0 fully saturated rings. The molecule has 1 aliphatic carbocycles. The van der Waals surface area contributed by atoms with Crippen LogP contribution in [0.5, 0.6) is 0 Å². The summed E-state index contributed by atoms with van der Waals surface area (Å²) in [7, 11) is -3.22. The van der Waals surface area contributed by atoms with Gasteiger partial charge in [0.15, 0.2) is 0 Å². The standard InChI is InChI=1S/C14H15NO2S/c1-10-9-13-12-6-4-3-5-11(12)7-8-14(13)15(10)18(2,16)17/h3-6,9H,7-8H2,1-2H3. The number of nitrogens with zero attached hydrogens (tertiary/aromatic N) is 1. The van der Waals surface area contributed by atoms with Gasteiger partial charge in [0.25, 0.3) is 0 Å². The Morgan fingerprint density at radius 1 is 1.11 bits per heavy atom. The Balaban J connectivity index is 2.33. The first kappa shape index (κ1) is 11.5. The van der Waals surface area contributed by atoms with Gasteiger partial charge in [-0.05, 0) is 37.0 Å². The molecule has 0 unspecified atom stereocenters. The van der Waals surface area contributed by atoms with Gasteiger partial charge in [0.1, 0.15) is 0 Å². The average Bonchev–Trinajstić information content (AvgIpc) is 2.65. The van der Waals surface area contributed by atoms with Crippen molar-refractivity contribution in [3.8, 4) is 11.1 Å². The van der Waals surface area contributed by atoms with Crippen LogP contribution in [-0.4, -0.2) is 18.6 Å². The van der Waals surface area contributed by atoms with E-state index in [1.807, 2.05) is 25.1 Å². The second-order valence-electron chi connectivity index (χ2n) is 4.83. The summed E-state index contributed by atoms with van der Waals surface area (Å²) in [6, 6.07) is 10.2. The van der Waals surface area contributed by atoms with Crippen LogP contribution in [0.15, 0.2) is 30.3 Å². The highest BCUT2D eigenvalue weighted by atomic mass is 32.2. The summed E-state index contributed by atoms with van der Waals surface area (Å²) in [6.07, 6.45) is 2.95. The van der Waals surface area contributed by atoms with Gasteiger partial charge in [-0.3, -0.25) is 0 Å². The van der Waals surface area contributed by atoms with E-state index in [1.54, 1.807) is 0 Å². The van der Waals surface area contributed by atoms with Crippen molar-refractivity contribution in [3.05, 3.63) is 47.3 Å². The summed E-state index contributed by atoms with van der Waals surface area (Å²) in [5.74, 6) is 0. The van der Waals surface area contributed by atoms with Crippen molar-refractivity contribution in [1.29, 1.82) is 0 Å². The van der Waals surface area contributed by atoms with Crippen LogP contribution >= 0.6 is 0 Å². The SMILES string of the molecule is Cc1cc2c(n1S(C)(=O)=O)CCc1ccccc1-2. The third-order valence-corrected chi connectivity index (χ3v) is 4.67. The second-order valence-corrected chi connectivity index (χ2v) is 6.66. The molecule has 18 heavy (non-hydrogen) atoms. The lowest BCUT2D eigenvalue weighted by molar-refractivity contribution is 0.589. The molecule has 94 valence electrons. The lowest BCUT2D eigenvalue weighted by atomic mass is 9.90. The van der Waals surface area contributed by atoms with Gasteiger partial charge in [0, 0.05) is 17.0 Å². The molecule has 0 spiro atoms. The van der Waals surface area contributed by atoms with E-state index in [1.165, 1.54) is 21.4 Å². The van der Waals surface area contributed by atoms with Crippen LogP contribution in [0.25, 0.3) is 11.1 Å². The highest BCUT2D eigenvalue weighted by molar-refractivity contribution is 7.89. The number of hydrogen-bond acceptors (Lipinski definition) is 2. The highest BCUT2D eigenvalue weighted by Gasteiger charge is 2.24. The minimum Gasteiger partial charge on any atom is -0.247 e. The first-order valence-corrected chi connectivity index (χ1v) is 7.83. The molecule has 1 aromatic carbocycles. The van der Waals surface area contributed by atoms with Crippen molar-refractivity contribution in [2.45, 2.75) is 19.8 Å². The predicted molar refractivity (Wildman–Crippen MR) is 72.3 cm³/mol. The minimum atomic E-state index is -3.22. The van der Waals surface area contributed by atoms with E-state index in [9.17, 15) is 8.42 Å². The number of aryl methyl sites for hydroxylation is 2. The van der Waals surface area contributed by atoms with Crippen LogP contribution in [0, 0.1) is 6.92 Å². The lowest BCUT2D eigenvalue weighted by Crippen LogP contribution is -2.17. The van der Waals surface area contributed by atoms with Gasteiger partial charge in [0.2, 0.25) is 10.0 Å². The number of benzene rings is 1. The Morgan fingerprint density at radius 3 is 2.56 bits per heavy atom. The highest BCUT2D eigenvalue weighted by Crippen LogP contribution is 2.36. The zero-order valence-corrected chi connectivity index (χ0v) is 11.3. The van der Waals surface area contributed by atoms with Gasteiger partial charge in [0.05, 0.1) is 6.26 Å². The monoisotopic (exact) mass is 261 g/mol. The maximum atomic E-state index is 11.9. The molecule has 0 aliphatic heterocycles. The molecule has 0 saturated heterocycles. The topological polar surface area (TPSA) is 39.1 Å². The summed E-state index contributed by atoms with van der Waals surface area (Å²) in [6.45, 7) is 1.85. The molecule has 1 heterocycles. The van der Waals surface area contributed by atoms with E-state index in [4.69, 9.17) is 0 Å². The molecule has 1 aliphatic rings. The molecule has 0 atom stereocenters. The Morgan fingerprint density at radius 2 is 1.83 bits per heavy atom. The lowest BCUT2D eigenvalue weighted by Gasteiger charge is -2.18. The van der Waals surface area contributed by atoms with E-state index < -0.39 is 10.0 Å². The smallest absolute Gasteiger partial charge is 0.236 e. The predicted octanol–water partition coefficient (Wildman–Crippen LogP) is 2.37. The largest absolute Gasteiger partial charge is 0.247 e. The first-order chi connectivity index (χ1) is 8.48. The number of hydrogen-bond donors (Lipinski definition) is 0. The zero-order chi connectivity index (χ0) is 12.9. The van der Waals surface area contributed by atoms with Crippen LogP contribution in [0.2, 0.25) is 0 Å². The molecule has 0 amide bonds. The molecule has 0 saturated carbocycles. The maximum absolute atomic E-state index is 11.9. The molecule has 4 heteroatoms. The fourth-order valence-corrected chi connectivity index (χ4v) is 4.02. The van der Waals surface area contributed by atoms with Gasteiger partial charge in [-0.2, -0.15) is 0 Å². The molecule has 0 bridgehead atoms. The average molecular weight is 261 g/mol. The van der Waals surface area contributed by atoms with Gasteiger partial charge in [-0.25, -0.2) is 12.4 Å². The Hall–Kier alpha value is -1.55. The number of rotatable bonds is 1. The van der Waals surface area contributed by atoms with Crippen molar-refractivity contribution in [2.75, 3.05) is 6.26 Å². The van der Waals surface area contributed by atoms with Crippen LogP contribution in [-0.2, 0) is 22.9 Å². The van der Waals surface area contributed by atoms with E-state index in [2.05, 4.69) is 12.1 Å². The van der Waals surface area contributed by atoms with E-state index in [0.29, 0.717) is 0 Å². The summed E-state index contributed by atoms with van der Waals surface area (Å²) in [5, 5.41) is 0. The number of aromatic nitrogens is 1. The zero-order valence-electron chi connectivity index (χ0n) is 10.5. The van der Waals surface area contributed by atoms with Crippen LogP contribution in [0.1, 0.15) is 17.0 Å². The van der Waals surface area contributed by atoms with Gasteiger partial charge in [-0.1, -0.05) is 24.3 Å². The summed E-state index contributed by atoms with van der Waals surface area (Å²) in [5.41, 5.74) is 5.26. The van der Waals surface area contributed by atoms with Gasteiger partial charge in [-0.15, -0.1) is 0 Å². The fraction of sp³-hybridized carbons (Fsp3) is 0.286.